The summed E-state index contributed by atoms with van der Waals surface area (Å²) in [4.78, 5) is 16.8. The quantitative estimate of drug-likeness (QED) is 0.234. The van der Waals surface area contributed by atoms with Crippen LogP contribution in [0.25, 0.3) is 11.0 Å². The van der Waals surface area contributed by atoms with Crippen LogP contribution in [0.4, 0.5) is 4.39 Å². The fourth-order valence-corrected chi connectivity index (χ4v) is 4.64. The van der Waals surface area contributed by atoms with Gasteiger partial charge in [0.1, 0.15) is 11.6 Å². The van der Waals surface area contributed by atoms with Gasteiger partial charge in [0.25, 0.3) is 0 Å². The molecule has 0 aliphatic carbocycles. The summed E-state index contributed by atoms with van der Waals surface area (Å²) in [6, 6.07) is 13.7. The molecule has 8 heteroatoms. The second-order valence-electron chi connectivity index (χ2n) is 6.51. The summed E-state index contributed by atoms with van der Waals surface area (Å²) in [5.74, 6) is 0.664. The van der Waals surface area contributed by atoms with Crippen molar-refractivity contribution >= 4 is 44.7 Å². The number of aromatic nitrogens is 2. The van der Waals surface area contributed by atoms with E-state index in [1.54, 1.807) is 31.4 Å². The average Bonchev–Trinajstić information content (AvgIpc) is 3.37. The monoisotopic (exact) mass is 488 g/mol. The van der Waals surface area contributed by atoms with Crippen LogP contribution in [-0.4, -0.2) is 22.1 Å². The Morgan fingerprint density at radius 3 is 2.90 bits per heavy atom. The molecular formula is C22H18BrFN2O3S. The summed E-state index contributed by atoms with van der Waals surface area (Å²) in [6.45, 7) is 2.58. The van der Waals surface area contributed by atoms with Crippen LogP contribution < -0.4 is 0 Å². The summed E-state index contributed by atoms with van der Waals surface area (Å²) in [5, 5.41) is 0.749. The Morgan fingerprint density at radius 1 is 1.27 bits per heavy atom. The number of imidazole rings is 1. The Bertz CT molecular complexity index is 1190. The molecule has 0 aliphatic heterocycles. The van der Waals surface area contributed by atoms with Gasteiger partial charge in [-0.25, -0.2) is 14.2 Å². The van der Waals surface area contributed by atoms with Crippen molar-refractivity contribution in [2.24, 2.45) is 0 Å². The molecule has 4 rings (SSSR count). The standard InChI is InChI=1S/C22H18BrFN2O3S/c1-2-28-21(27)14-5-8-20-19(11-14)25-22(26(20)12-17-4-3-9-29-17)30-13-15-10-16(24)6-7-18(15)23/h3-11H,2,12-13H2,1H3. The van der Waals surface area contributed by atoms with Crippen molar-refractivity contribution in [3.05, 3.63) is 82.0 Å². The molecule has 0 unspecified atom stereocenters. The number of furan rings is 1. The van der Waals surface area contributed by atoms with Crippen molar-refractivity contribution in [3.8, 4) is 0 Å². The summed E-state index contributed by atoms with van der Waals surface area (Å²) in [5.41, 5.74) is 2.86. The van der Waals surface area contributed by atoms with E-state index in [9.17, 15) is 9.18 Å². The smallest absolute Gasteiger partial charge is 0.338 e. The second-order valence-corrected chi connectivity index (χ2v) is 8.31. The van der Waals surface area contributed by atoms with E-state index in [2.05, 4.69) is 15.9 Å². The predicted octanol–water partition coefficient (Wildman–Crippen LogP) is 6.05. The van der Waals surface area contributed by atoms with Gasteiger partial charge in [0.2, 0.25) is 0 Å². The Balaban J connectivity index is 1.70. The maximum Gasteiger partial charge on any atom is 0.338 e. The molecule has 4 aromatic rings. The van der Waals surface area contributed by atoms with Crippen LogP contribution in [0.1, 0.15) is 28.6 Å². The molecule has 0 atom stereocenters. The highest BCUT2D eigenvalue weighted by Gasteiger charge is 2.16. The minimum atomic E-state index is -0.377. The molecule has 0 spiro atoms. The third-order valence-electron chi connectivity index (χ3n) is 4.48. The number of benzene rings is 2. The van der Waals surface area contributed by atoms with Crippen LogP contribution >= 0.6 is 27.7 Å². The number of hydrogen-bond acceptors (Lipinski definition) is 5. The lowest BCUT2D eigenvalue weighted by molar-refractivity contribution is 0.0526. The van der Waals surface area contributed by atoms with Crippen molar-refractivity contribution in [2.45, 2.75) is 24.4 Å². The second kappa shape index (κ2) is 9.06. The lowest BCUT2D eigenvalue weighted by Crippen LogP contribution is -2.04. The number of carbonyl (C=O) groups is 1. The van der Waals surface area contributed by atoms with Gasteiger partial charge in [-0.15, -0.1) is 0 Å². The number of nitrogens with zero attached hydrogens (tertiary/aromatic N) is 2. The first-order chi connectivity index (χ1) is 14.5. The van der Waals surface area contributed by atoms with E-state index in [0.717, 1.165) is 26.5 Å². The zero-order valence-corrected chi connectivity index (χ0v) is 18.5. The Kier molecular flexibility index (Phi) is 6.24. The van der Waals surface area contributed by atoms with Gasteiger partial charge in [-0.2, -0.15) is 0 Å². The molecule has 0 saturated carbocycles. The first kappa shape index (κ1) is 20.7. The van der Waals surface area contributed by atoms with Gasteiger partial charge in [0, 0.05) is 10.2 Å². The summed E-state index contributed by atoms with van der Waals surface area (Å²) < 4.78 is 27.1. The summed E-state index contributed by atoms with van der Waals surface area (Å²) in [7, 11) is 0. The predicted molar refractivity (Wildman–Crippen MR) is 117 cm³/mol. The average molecular weight is 489 g/mol. The highest BCUT2D eigenvalue weighted by molar-refractivity contribution is 9.10. The number of hydrogen-bond donors (Lipinski definition) is 0. The van der Waals surface area contributed by atoms with Gasteiger partial charge in [0.15, 0.2) is 5.16 Å². The van der Waals surface area contributed by atoms with E-state index in [1.165, 1.54) is 23.9 Å². The minimum Gasteiger partial charge on any atom is -0.467 e. The van der Waals surface area contributed by atoms with Crippen molar-refractivity contribution in [3.63, 3.8) is 0 Å². The Hall–Kier alpha value is -2.58. The zero-order valence-electron chi connectivity index (χ0n) is 16.1. The summed E-state index contributed by atoms with van der Waals surface area (Å²) >= 11 is 4.96. The van der Waals surface area contributed by atoms with E-state index in [0.29, 0.717) is 30.0 Å². The van der Waals surface area contributed by atoms with E-state index in [4.69, 9.17) is 14.1 Å². The number of carbonyl (C=O) groups excluding carboxylic acids is 1. The number of rotatable bonds is 7. The van der Waals surface area contributed by atoms with Crippen LogP contribution in [-0.2, 0) is 17.0 Å². The van der Waals surface area contributed by atoms with E-state index in [1.807, 2.05) is 22.8 Å². The van der Waals surface area contributed by atoms with Gasteiger partial charge < -0.3 is 13.7 Å². The van der Waals surface area contributed by atoms with Gasteiger partial charge in [-0.05, 0) is 61.0 Å². The normalized spacial score (nSPS) is 11.2. The van der Waals surface area contributed by atoms with Crippen LogP contribution in [0.3, 0.4) is 0 Å². The first-order valence-corrected chi connectivity index (χ1v) is 11.1. The lowest BCUT2D eigenvalue weighted by atomic mass is 10.2. The van der Waals surface area contributed by atoms with Gasteiger partial charge in [-0.1, -0.05) is 27.7 Å². The largest absolute Gasteiger partial charge is 0.467 e. The third-order valence-corrected chi connectivity index (χ3v) is 6.28. The maximum atomic E-state index is 13.6. The molecule has 2 aromatic heterocycles. The van der Waals surface area contributed by atoms with Crippen molar-refractivity contribution in [1.82, 2.24) is 9.55 Å². The molecule has 0 fully saturated rings. The fourth-order valence-electron chi connectivity index (χ4n) is 3.07. The number of halogens is 2. The topological polar surface area (TPSA) is 57.3 Å². The molecule has 0 N–H and O–H groups in total. The van der Waals surface area contributed by atoms with E-state index >= 15 is 0 Å². The molecule has 2 aromatic carbocycles. The maximum absolute atomic E-state index is 13.6. The van der Waals surface area contributed by atoms with Gasteiger partial charge in [-0.3, -0.25) is 0 Å². The van der Waals surface area contributed by atoms with Crippen molar-refractivity contribution in [2.75, 3.05) is 6.61 Å². The highest BCUT2D eigenvalue weighted by Crippen LogP contribution is 2.31. The molecule has 0 amide bonds. The molecule has 0 radical (unpaired) electrons. The molecule has 5 nitrogen and oxygen atoms in total. The van der Waals surface area contributed by atoms with Crippen LogP contribution in [0, 0.1) is 5.82 Å². The minimum absolute atomic E-state index is 0.281. The number of thioether (sulfide) groups is 1. The van der Waals surface area contributed by atoms with E-state index in [-0.39, 0.29) is 11.8 Å². The van der Waals surface area contributed by atoms with Crippen LogP contribution in [0.15, 0.2) is 68.8 Å². The van der Waals surface area contributed by atoms with Crippen molar-refractivity contribution < 1.29 is 18.3 Å². The van der Waals surface area contributed by atoms with Crippen molar-refractivity contribution in [1.29, 1.82) is 0 Å². The van der Waals surface area contributed by atoms with E-state index < -0.39 is 0 Å². The molecule has 0 aliphatic rings. The first-order valence-electron chi connectivity index (χ1n) is 9.31. The lowest BCUT2D eigenvalue weighted by Gasteiger charge is -2.08. The molecule has 2 heterocycles. The third kappa shape index (κ3) is 4.44. The van der Waals surface area contributed by atoms with Crippen LogP contribution in [0.5, 0.6) is 0 Å². The molecule has 0 saturated heterocycles. The number of esters is 1. The molecule has 30 heavy (non-hydrogen) atoms. The SMILES string of the molecule is CCOC(=O)c1ccc2c(c1)nc(SCc1cc(F)ccc1Br)n2Cc1ccco1. The van der Waals surface area contributed by atoms with Crippen LogP contribution in [0.2, 0.25) is 0 Å². The van der Waals surface area contributed by atoms with Gasteiger partial charge >= 0.3 is 5.97 Å². The molecule has 154 valence electrons. The Labute approximate surface area is 185 Å². The zero-order chi connectivity index (χ0) is 21.1. The molecule has 0 bridgehead atoms. The summed E-state index contributed by atoms with van der Waals surface area (Å²) in [6.07, 6.45) is 1.63. The fraction of sp³-hybridized carbons (Fsp3) is 0.182. The number of ether oxygens (including phenoxy) is 1. The van der Waals surface area contributed by atoms with Gasteiger partial charge in [0.05, 0.1) is 36.0 Å². The highest BCUT2D eigenvalue weighted by atomic mass is 79.9. The molecular weight excluding hydrogens is 471 g/mol. The number of fused-ring (bicyclic) bond motifs is 1. The Morgan fingerprint density at radius 2 is 2.13 bits per heavy atom.